The molecule has 1 aliphatic rings. The molecule has 0 amide bonds. The van der Waals surface area contributed by atoms with Crippen LogP contribution >= 0.6 is 0 Å². The maximum Gasteiger partial charge on any atom is 0.0743 e. The SMILES string of the molecule is c1ccc(-c2cc(-n3c4ccccc4c4ccccc43)cc(C3(c4ccccc4)c4ccccc4N(c4ccc(-c5ccc6ccccc6c5)c5ccccc45)c4ccccc43)c2)cc1. The van der Waals surface area contributed by atoms with Gasteiger partial charge in [0, 0.05) is 21.8 Å². The molecular weight excluding hydrogens is 785 g/mol. The molecule has 13 rings (SSSR count). The van der Waals surface area contributed by atoms with Crippen molar-refractivity contribution in [3.05, 3.63) is 277 Å². The average molecular weight is 827 g/mol. The first-order valence-electron chi connectivity index (χ1n) is 22.5. The predicted molar refractivity (Wildman–Crippen MR) is 273 cm³/mol. The largest absolute Gasteiger partial charge is 0.309 e. The predicted octanol–water partition coefficient (Wildman–Crippen LogP) is 16.6. The first-order chi connectivity index (χ1) is 32.3. The summed E-state index contributed by atoms with van der Waals surface area (Å²) in [7, 11) is 0. The van der Waals surface area contributed by atoms with Crippen molar-refractivity contribution in [1.29, 1.82) is 0 Å². The van der Waals surface area contributed by atoms with Crippen molar-refractivity contribution in [3.63, 3.8) is 0 Å². The normalized spacial score (nSPS) is 13.0. The second kappa shape index (κ2) is 14.8. The molecule has 2 nitrogen and oxygen atoms in total. The molecular formula is C63H42N2. The molecule has 11 aromatic carbocycles. The Morgan fingerprint density at radius 1 is 0.292 bits per heavy atom. The summed E-state index contributed by atoms with van der Waals surface area (Å²) in [6.07, 6.45) is 0. The number of benzene rings is 11. The molecule has 0 aliphatic carbocycles. The van der Waals surface area contributed by atoms with Gasteiger partial charge in [0.15, 0.2) is 0 Å². The summed E-state index contributed by atoms with van der Waals surface area (Å²) in [6, 6.07) is 94.3. The smallest absolute Gasteiger partial charge is 0.0743 e. The van der Waals surface area contributed by atoms with Crippen LogP contribution in [-0.4, -0.2) is 4.57 Å². The van der Waals surface area contributed by atoms with Crippen molar-refractivity contribution in [2.24, 2.45) is 0 Å². The standard InChI is InChI=1S/C63H42N2/c1-3-19-43(20-4-1)47-40-49(42-50(41-47)64-58-31-15-11-27-54(58)55-28-12-16-32-59(55)64)63(48-23-5-2-6-24-48)56-29-13-17-33-61(56)65(62-34-18-14-30-57(62)63)60-38-37-51(52-25-9-10-26-53(52)60)46-36-35-44-21-7-8-22-45(44)39-46/h1-42H. The minimum absolute atomic E-state index is 0.704. The van der Waals surface area contributed by atoms with Crippen molar-refractivity contribution < 1.29 is 0 Å². The van der Waals surface area contributed by atoms with Crippen LogP contribution in [0.15, 0.2) is 255 Å². The second-order valence-electron chi connectivity index (χ2n) is 17.2. The minimum atomic E-state index is -0.704. The molecule has 2 heterocycles. The van der Waals surface area contributed by atoms with Gasteiger partial charge in [-0.2, -0.15) is 0 Å². The summed E-state index contributed by atoms with van der Waals surface area (Å²) in [5.41, 5.74) is 15.9. The van der Waals surface area contributed by atoms with Gasteiger partial charge in [0.2, 0.25) is 0 Å². The molecule has 0 unspecified atom stereocenters. The highest BCUT2D eigenvalue weighted by molar-refractivity contribution is 6.10. The van der Waals surface area contributed by atoms with E-state index in [0.717, 1.165) is 22.7 Å². The van der Waals surface area contributed by atoms with Gasteiger partial charge in [0.1, 0.15) is 0 Å². The molecule has 0 saturated heterocycles. The number of anilines is 3. The van der Waals surface area contributed by atoms with E-state index in [-0.39, 0.29) is 0 Å². The summed E-state index contributed by atoms with van der Waals surface area (Å²) in [5.74, 6) is 0. The van der Waals surface area contributed by atoms with Gasteiger partial charge in [-0.1, -0.05) is 200 Å². The fourth-order valence-electron chi connectivity index (χ4n) is 11.0. The Morgan fingerprint density at radius 2 is 0.846 bits per heavy atom. The average Bonchev–Trinajstić information content (AvgIpc) is 3.72. The first kappa shape index (κ1) is 37.1. The molecule has 0 saturated carbocycles. The topological polar surface area (TPSA) is 8.17 Å². The quantitative estimate of drug-likeness (QED) is 0.162. The van der Waals surface area contributed by atoms with Gasteiger partial charge in [-0.3, -0.25) is 0 Å². The Hall–Kier alpha value is -8.46. The van der Waals surface area contributed by atoms with Crippen molar-refractivity contribution >= 4 is 60.4 Å². The lowest BCUT2D eigenvalue weighted by Gasteiger charge is -2.47. The van der Waals surface area contributed by atoms with Crippen LogP contribution in [0.4, 0.5) is 17.1 Å². The van der Waals surface area contributed by atoms with E-state index in [2.05, 4.69) is 264 Å². The first-order valence-corrected chi connectivity index (χ1v) is 22.5. The molecule has 1 aliphatic heterocycles. The number of hydrogen-bond donors (Lipinski definition) is 0. The van der Waals surface area contributed by atoms with Crippen molar-refractivity contribution in [3.8, 4) is 27.9 Å². The van der Waals surface area contributed by atoms with Crippen LogP contribution in [0.2, 0.25) is 0 Å². The Kier molecular flexibility index (Phi) is 8.47. The number of fused-ring (bicyclic) bond motifs is 7. The van der Waals surface area contributed by atoms with Gasteiger partial charge < -0.3 is 9.47 Å². The maximum atomic E-state index is 2.52. The molecule has 12 aromatic rings. The summed E-state index contributed by atoms with van der Waals surface area (Å²) in [6.45, 7) is 0. The molecule has 0 atom stereocenters. The summed E-state index contributed by atoms with van der Waals surface area (Å²) >= 11 is 0. The lowest BCUT2D eigenvalue weighted by atomic mass is 9.62. The Labute approximate surface area is 378 Å². The van der Waals surface area contributed by atoms with Crippen LogP contribution < -0.4 is 4.90 Å². The monoisotopic (exact) mass is 826 g/mol. The molecule has 0 spiro atoms. The zero-order valence-corrected chi connectivity index (χ0v) is 35.6. The van der Waals surface area contributed by atoms with E-state index in [1.165, 1.54) is 87.9 Å². The van der Waals surface area contributed by atoms with Gasteiger partial charge >= 0.3 is 0 Å². The summed E-state index contributed by atoms with van der Waals surface area (Å²) in [5, 5.41) is 7.41. The van der Waals surface area contributed by atoms with Crippen LogP contribution in [0.5, 0.6) is 0 Å². The van der Waals surface area contributed by atoms with Gasteiger partial charge in [-0.05, 0) is 115 Å². The van der Waals surface area contributed by atoms with Gasteiger partial charge in [0.25, 0.3) is 0 Å². The van der Waals surface area contributed by atoms with Crippen LogP contribution in [0, 0.1) is 0 Å². The highest BCUT2D eigenvalue weighted by Gasteiger charge is 2.47. The second-order valence-corrected chi connectivity index (χ2v) is 17.2. The Bertz CT molecular complexity index is 3690. The van der Waals surface area contributed by atoms with E-state index in [0.29, 0.717) is 0 Å². The van der Waals surface area contributed by atoms with Gasteiger partial charge in [-0.15, -0.1) is 0 Å². The molecule has 65 heavy (non-hydrogen) atoms. The lowest BCUT2D eigenvalue weighted by molar-refractivity contribution is 0.731. The molecule has 304 valence electrons. The molecule has 0 radical (unpaired) electrons. The number of rotatable bonds is 6. The number of hydrogen-bond acceptors (Lipinski definition) is 1. The third-order valence-corrected chi connectivity index (χ3v) is 13.8. The molecule has 2 heteroatoms. The van der Waals surface area contributed by atoms with E-state index < -0.39 is 5.41 Å². The van der Waals surface area contributed by atoms with Crippen LogP contribution in [0.1, 0.15) is 22.3 Å². The van der Waals surface area contributed by atoms with Crippen LogP contribution in [0.25, 0.3) is 71.3 Å². The van der Waals surface area contributed by atoms with Crippen molar-refractivity contribution in [2.45, 2.75) is 5.41 Å². The molecule has 0 fully saturated rings. The fraction of sp³-hybridized carbons (Fsp3) is 0.0159. The molecule has 0 N–H and O–H groups in total. The third kappa shape index (κ3) is 5.67. The molecule has 0 bridgehead atoms. The van der Waals surface area contributed by atoms with Crippen molar-refractivity contribution in [1.82, 2.24) is 4.57 Å². The number of aromatic nitrogens is 1. The Morgan fingerprint density at radius 3 is 1.54 bits per heavy atom. The molecule has 1 aromatic heterocycles. The minimum Gasteiger partial charge on any atom is -0.309 e. The maximum absolute atomic E-state index is 2.52. The van der Waals surface area contributed by atoms with E-state index in [1.54, 1.807) is 0 Å². The number of nitrogens with zero attached hydrogens (tertiary/aromatic N) is 2. The highest BCUT2D eigenvalue weighted by atomic mass is 15.2. The summed E-state index contributed by atoms with van der Waals surface area (Å²) in [4.78, 5) is 2.52. The lowest BCUT2D eigenvalue weighted by Crippen LogP contribution is -2.38. The third-order valence-electron chi connectivity index (χ3n) is 13.8. The summed E-state index contributed by atoms with van der Waals surface area (Å²) < 4.78 is 2.47. The van der Waals surface area contributed by atoms with Crippen LogP contribution in [-0.2, 0) is 5.41 Å². The van der Waals surface area contributed by atoms with E-state index in [4.69, 9.17) is 0 Å². The fourth-order valence-corrected chi connectivity index (χ4v) is 11.0. The van der Waals surface area contributed by atoms with Crippen molar-refractivity contribution in [2.75, 3.05) is 4.90 Å². The van der Waals surface area contributed by atoms with Gasteiger partial charge in [-0.25, -0.2) is 0 Å². The van der Waals surface area contributed by atoms with Gasteiger partial charge in [0.05, 0.1) is 33.5 Å². The van der Waals surface area contributed by atoms with E-state index >= 15 is 0 Å². The zero-order valence-electron chi connectivity index (χ0n) is 35.6. The van der Waals surface area contributed by atoms with E-state index in [9.17, 15) is 0 Å². The number of para-hydroxylation sites is 4. The zero-order chi connectivity index (χ0) is 42.9. The Balaban J connectivity index is 1.10. The highest BCUT2D eigenvalue weighted by Crippen LogP contribution is 2.59. The van der Waals surface area contributed by atoms with E-state index in [1.807, 2.05) is 0 Å². The van der Waals surface area contributed by atoms with Crippen LogP contribution in [0.3, 0.4) is 0 Å².